The fourth-order valence-corrected chi connectivity index (χ4v) is 3.00. The van der Waals surface area contributed by atoms with Crippen LogP contribution in [0.5, 0.6) is 11.5 Å². The number of ether oxygens (including phenoxy) is 2. The molecule has 0 unspecified atom stereocenters. The Morgan fingerprint density at radius 3 is 2.30 bits per heavy atom. The standard InChI is InChI=1S/C21H27N3O5S/c1-14(2)11-12-29-19-10-7-17(13-20(19)28-4)21(25)24-23-15(3)16-5-8-18(9-6-16)30(22,26)27/h5-10,13-14H,11-12H2,1-4H3,(H,24,25)(H2,22,26,27)/b23-15+. The summed E-state index contributed by atoms with van der Waals surface area (Å²) in [4.78, 5) is 12.4. The van der Waals surface area contributed by atoms with Crippen molar-refractivity contribution in [3.8, 4) is 11.5 Å². The van der Waals surface area contributed by atoms with Gasteiger partial charge in [0.15, 0.2) is 11.5 Å². The summed E-state index contributed by atoms with van der Waals surface area (Å²) in [5.41, 5.74) is 4.00. The highest BCUT2D eigenvalue weighted by Crippen LogP contribution is 2.28. The van der Waals surface area contributed by atoms with Gasteiger partial charge in [-0.05, 0) is 55.2 Å². The van der Waals surface area contributed by atoms with E-state index in [9.17, 15) is 13.2 Å². The number of hydrogen-bond donors (Lipinski definition) is 2. The van der Waals surface area contributed by atoms with Gasteiger partial charge in [-0.2, -0.15) is 5.10 Å². The molecule has 0 saturated heterocycles. The Labute approximate surface area is 177 Å². The van der Waals surface area contributed by atoms with Gasteiger partial charge in [-0.3, -0.25) is 4.79 Å². The third kappa shape index (κ3) is 6.57. The van der Waals surface area contributed by atoms with Crippen molar-refractivity contribution in [1.82, 2.24) is 5.43 Å². The summed E-state index contributed by atoms with van der Waals surface area (Å²) in [6.45, 7) is 6.49. The van der Waals surface area contributed by atoms with Gasteiger partial charge in [0.2, 0.25) is 10.0 Å². The van der Waals surface area contributed by atoms with E-state index in [1.807, 2.05) is 0 Å². The first-order valence-electron chi connectivity index (χ1n) is 9.40. The molecule has 0 aromatic heterocycles. The van der Waals surface area contributed by atoms with Crippen LogP contribution >= 0.6 is 0 Å². The van der Waals surface area contributed by atoms with Crippen molar-refractivity contribution in [1.29, 1.82) is 0 Å². The fraction of sp³-hybridized carbons (Fsp3) is 0.333. The molecule has 0 atom stereocenters. The van der Waals surface area contributed by atoms with Gasteiger partial charge in [-0.1, -0.05) is 26.0 Å². The fourth-order valence-electron chi connectivity index (χ4n) is 2.48. The summed E-state index contributed by atoms with van der Waals surface area (Å²) >= 11 is 0. The predicted octanol–water partition coefficient (Wildman–Crippen LogP) is 2.92. The molecule has 0 aliphatic heterocycles. The topological polar surface area (TPSA) is 120 Å². The second-order valence-corrected chi connectivity index (χ2v) is 8.67. The van der Waals surface area contributed by atoms with E-state index in [0.717, 1.165) is 6.42 Å². The molecule has 2 aromatic rings. The van der Waals surface area contributed by atoms with Crippen molar-refractivity contribution in [3.05, 3.63) is 53.6 Å². The Kier molecular flexibility index (Phi) is 7.96. The van der Waals surface area contributed by atoms with E-state index in [-0.39, 0.29) is 4.90 Å². The molecule has 0 bridgehead atoms. The van der Waals surface area contributed by atoms with E-state index in [4.69, 9.17) is 14.6 Å². The van der Waals surface area contributed by atoms with Crippen molar-refractivity contribution >= 4 is 21.6 Å². The second-order valence-electron chi connectivity index (χ2n) is 7.10. The molecule has 162 valence electrons. The van der Waals surface area contributed by atoms with Crippen molar-refractivity contribution in [3.63, 3.8) is 0 Å². The number of carbonyl (C=O) groups excluding carboxylic acids is 1. The lowest BCUT2D eigenvalue weighted by Gasteiger charge is -2.12. The average molecular weight is 434 g/mol. The molecular formula is C21H27N3O5S. The highest BCUT2D eigenvalue weighted by atomic mass is 32.2. The van der Waals surface area contributed by atoms with Gasteiger partial charge in [-0.25, -0.2) is 19.0 Å². The summed E-state index contributed by atoms with van der Waals surface area (Å²) in [5.74, 6) is 1.15. The van der Waals surface area contributed by atoms with Crippen molar-refractivity contribution in [2.75, 3.05) is 13.7 Å². The Morgan fingerprint density at radius 2 is 1.73 bits per heavy atom. The van der Waals surface area contributed by atoms with Crippen LogP contribution in [-0.2, 0) is 10.0 Å². The van der Waals surface area contributed by atoms with E-state index in [0.29, 0.717) is 40.9 Å². The van der Waals surface area contributed by atoms with Gasteiger partial charge >= 0.3 is 0 Å². The van der Waals surface area contributed by atoms with E-state index in [1.165, 1.54) is 19.2 Å². The molecule has 1 amide bonds. The number of sulfonamides is 1. The number of amides is 1. The minimum absolute atomic E-state index is 0.00545. The van der Waals surface area contributed by atoms with Gasteiger partial charge in [0.1, 0.15) is 0 Å². The predicted molar refractivity (Wildman–Crippen MR) is 115 cm³/mol. The normalized spacial score (nSPS) is 12.0. The Morgan fingerprint density at radius 1 is 1.10 bits per heavy atom. The third-order valence-corrected chi connectivity index (χ3v) is 5.23. The Bertz CT molecular complexity index is 1020. The summed E-state index contributed by atoms with van der Waals surface area (Å²) in [6.07, 6.45) is 0.914. The van der Waals surface area contributed by atoms with Crippen molar-refractivity contribution < 1.29 is 22.7 Å². The van der Waals surface area contributed by atoms with Crippen molar-refractivity contribution in [2.45, 2.75) is 32.1 Å². The lowest BCUT2D eigenvalue weighted by atomic mass is 10.1. The summed E-state index contributed by atoms with van der Waals surface area (Å²) in [7, 11) is -2.25. The largest absolute Gasteiger partial charge is 0.493 e. The van der Waals surface area contributed by atoms with Crippen LogP contribution in [-0.4, -0.2) is 33.8 Å². The lowest BCUT2D eigenvalue weighted by Crippen LogP contribution is -2.19. The van der Waals surface area contributed by atoms with E-state index in [1.54, 1.807) is 37.3 Å². The molecule has 30 heavy (non-hydrogen) atoms. The zero-order valence-corrected chi connectivity index (χ0v) is 18.3. The minimum Gasteiger partial charge on any atom is -0.493 e. The zero-order valence-electron chi connectivity index (χ0n) is 17.5. The Hall–Kier alpha value is -2.91. The number of methoxy groups -OCH3 is 1. The summed E-state index contributed by atoms with van der Waals surface area (Å²) in [6, 6.07) is 10.8. The van der Waals surface area contributed by atoms with Crippen molar-refractivity contribution in [2.24, 2.45) is 16.2 Å². The molecule has 0 aliphatic rings. The molecule has 0 heterocycles. The van der Waals surface area contributed by atoms with Crippen LogP contribution in [0.1, 0.15) is 43.1 Å². The molecule has 0 saturated carbocycles. The SMILES string of the molecule is COc1cc(C(=O)N/N=C(\C)c2ccc(S(N)(=O)=O)cc2)ccc1OCCC(C)C. The average Bonchev–Trinajstić information content (AvgIpc) is 2.71. The second kappa shape index (κ2) is 10.2. The van der Waals surface area contributed by atoms with E-state index >= 15 is 0 Å². The van der Waals surface area contributed by atoms with Gasteiger partial charge in [0, 0.05) is 5.56 Å². The first kappa shape index (κ1) is 23.4. The molecule has 0 aliphatic carbocycles. The highest BCUT2D eigenvalue weighted by molar-refractivity contribution is 7.89. The number of hydrazone groups is 1. The van der Waals surface area contributed by atoms with E-state index < -0.39 is 15.9 Å². The summed E-state index contributed by atoms with van der Waals surface area (Å²) in [5, 5.41) is 9.16. The quantitative estimate of drug-likeness (QED) is 0.465. The first-order valence-corrected chi connectivity index (χ1v) is 10.9. The third-order valence-electron chi connectivity index (χ3n) is 4.30. The molecule has 9 heteroatoms. The molecule has 2 rings (SSSR count). The molecule has 0 spiro atoms. The number of primary sulfonamides is 1. The smallest absolute Gasteiger partial charge is 0.271 e. The van der Waals surface area contributed by atoms with Gasteiger partial charge in [0.05, 0.1) is 24.3 Å². The van der Waals surface area contributed by atoms with Crippen LogP contribution in [0, 0.1) is 5.92 Å². The van der Waals surface area contributed by atoms with Crippen LogP contribution in [0.3, 0.4) is 0 Å². The molecule has 0 radical (unpaired) electrons. The number of hydrogen-bond acceptors (Lipinski definition) is 6. The van der Waals surface area contributed by atoms with Gasteiger partial charge < -0.3 is 9.47 Å². The summed E-state index contributed by atoms with van der Waals surface area (Å²) < 4.78 is 33.7. The van der Waals surface area contributed by atoms with Crippen LogP contribution in [0.4, 0.5) is 0 Å². The first-order chi connectivity index (χ1) is 14.1. The molecular weight excluding hydrogens is 406 g/mol. The number of nitrogens with two attached hydrogens (primary N) is 1. The zero-order chi connectivity index (χ0) is 22.3. The van der Waals surface area contributed by atoms with Crippen LogP contribution in [0.25, 0.3) is 0 Å². The Balaban J connectivity index is 2.07. The van der Waals surface area contributed by atoms with Crippen LogP contribution in [0.2, 0.25) is 0 Å². The number of carbonyl (C=O) groups is 1. The monoisotopic (exact) mass is 433 g/mol. The number of nitrogens with zero attached hydrogens (tertiary/aromatic N) is 1. The maximum Gasteiger partial charge on any atom is 0.271 e. The maximum absolute atomic E-state index is 12.4. The number of benzene rings is 2. The highest BCUT2D eigenvalue weighted by Gasteiger charge is 2.12. The molecule has 2 aromatic carbocycles. The lowest BCUT2D eigenvalue weighted by molar-refractivity contribution is 0.0954. The number of rotatable bonds is 9. The maximum atomic E-state index is 12.4. The molecule has 0 fully saturated rings. The van der Waals surface area contributed by atoms with Crippen LogP contribution in [0.15, 0.2) is 52.5 Å². The molecule has 3 N–H and O–H groups in total. The van der Waals surface area contributed by atoms with E-state index in [2.05, 4.69) is 24.4 Å². The van der Waals surface area contributed by atoms with Gasteiger partial charge in [0.25, 0.3) is 5.91 Å². The minimum atomic E-state index is -3.76. The van der Waals surface area contributed by atoms with Gasteiger partial charge in [-0.15, -0.1) is 0 Å². The molecule has 8 nitrogen and oxygen atoms in total. The van der Waals surface area contributed by atoms with Crippen LogP contribution < -0.4 is 20.0 Å². The number of nitrogens with one attached hydrogen (secondary N) is 1.